The van der Waals surface area contributed by atoms with E-state index in [4.69, 9.17) is 0 Å². The van der Waals surface area contributed by atoms with Crippen molar-refractivity contribution in [2.75, 3.05) is 11.9 Å². The van der Waals surface area contributed by atoms with Crippen LogP contribution in [0.2, 0.25) is 0 Å². The number of urea groups is 1. The van der Waals surface area contributed by atoms with Crippen LogP contribution in [0.15, 0.2) is 53.3 Å². The molecule has 0 radical (unpaired) electrons. The van der Waals surface area contributed by atoms with E-state index in [0.29, 0.717) is 12.2 Å². The van der Waals surface area contributed by atoms with E-state index in [9.17, 15) is 4.79 Å². The number of anilines is 1. The van der Waals surface area contributed by atoms with Crippen LogP contribution >= 0.6 is 15.9 Å². The van der Waals surface area contributed by atoms with E-state index in [2.05, 4.69) is 31.5 Å². The van der Waals surface area contributed by atoms with Crippen LogP contribution in [0, 0.1) is 0 Å². The number of hydrogen-bond acceptors (Lipinski definition) is 2. The van der Waals surface area contributed by atoms with Gasteiger partial charge < -0.3 is 10.6 Å². The van der Waals surface area contributed by atoms with Gasteiger partial charge in [-0.3, -0.25) is 4.98 Å². The number of carbonyl (C=O) groups is 1. The quantitative estimate of drug-likeness (QED) is 0.909. The number of benzene rings is 1. The first-order valence-electron chi connectivity index (χ1n) is 5.93. The summed E-state index contributed by atoms with van der Waals surface area (Å²) in [5.74, 6) is 0. The van der Waals surface area contributed by atoms with Crippen molar-refractivity contribution in [3.63, 3.8) is 0 Å². The molecule has 0 aliphatic carbocycles. The second kappa shape index (κ2) is 6.89. The lowest BCUT2D eigenvalue weighted by Crippen LogP contribution is -2.30. The second-order valence-electron chi connectivity index (χ2n) is 4.00. The molecule has 0 fully saturated rings. The number of pyridine rings is 1. The van der Waals surface area contributed by atoms with Crippen molar-refractivity contribution < 1.29 is 4.79 Å². The molecule has 0 spiro atoms. The molecule has 0 unspecified atom stereocenters. The third kappa shape index (κ3) is 4.71. The predicted molar refractivity (Wildman–Crippen MR) is 79.1 cm³/mol. The molecule has 1 aromatic carbocycles. The Morgan fingerprint density at radius 3 is 2.68 bits per heavy atom. The molecule has 0 aliphatic heterocycles. The monoisotopic (exact) mass is 319 g/mol. The summed E-state index contributed by atoms with van der Waals surface area (Å²) in [5.41, 5.74) is 1.87. The fourth-order valence-electron chi connectivity index (χ4n) is 1.58. The van der Waals surface area contributed by atoms with E-state index >= 15 is 0 Å². The fraction of sp³-hybridized carbons (Fsp3) is 0.143. The maximum absolute atomic E-state index is 11.6. The van der Waals surface area contributed by atoms with Gasteiger partial charge in [0.1, 0.15) is 0 Å². The smallest absolute Gasteiger partial charge is 0.319 e. The summed E-state index contributed by atoms with van der Waals surface area (Å²) in [7, 11) is 0. The first kappa shape index (κ1) is 13.5. The molecule has 0 saturated heterocycles. The Hall–Kier alpha value is -1.88. The van der Waals surface area contributed by atoms with E-state index in [1.54, 1.807) is 24.5 Å². The van der Waals surface area contributed by atoms with Crippen LogP contribution in [0.25, 0.3) is 0 Å². The van der Waals surface area contributed by atoms with Crippen molar-refractivity contribution in [3.8, 4) is 0 Å². The van der Waals surface area contributed by atoms with Crippen molar-refractivity contribution in [3.05, 3.63) is 58.8 Å². The maximum atomic E-state index is 11.6. The minimum atomic E-state index is -0.217. The van der Waals surface area contributed by atoms with Crippen LogP contribution < -0.4 is 10.6 Å². The van der Waals surface area contributed by atoms with Crippen molar-refractivity contribution in [2.24, 2.45) is 0 Å². The third-order valence-corrected chi connectivity index (χ3v) is 3.06. The van der Waals surface area contributed by atoms with Gasteiger partial charge in [0, 0.05) is 17.2 Å². The van der Waals surface area contributed by atoms with E-state index in [1.165, 1.54) is 5.56 Å². The summed E-state index contributed by atoms with van der Waals surface area (Å²) in [6.07, 6.45) is 4.07. The van der Waals surface area contributed by atoms with Crippen molar-refractivity contribution in [2.45, 2.75) is 6.42 Å². The third-order valence-electron chi connectivity index (χ3n) is 2.53. The molecule has 2 rings (SSSR count). The zero-order valence-corrected chi connectivity index (χ0v) is 11.9. The lowest BCUT2D eigenvalue weighted by Gasteiger charge is -2.07. The molecule has 19 heavy (non-hydrogen) atoms. The molecule has 0 bridgehead atoms. The fourth-order valence-corrected chi connectivity index (χ4v) is 1.85. The molecular weight excluding hydrogens is 306 g/mol. The van der Waals surface area contributed by atoms with Crippen LogP contribution in [-0.4, -0.2) is 17.6 Å². The van der Waals surface area contributed by atoms with Crippen LogP contribution in [0.5, 0.6) is 0 Å². The number of aromatic nitrogens is 1. The SMILES string of the molecule is O=C(NCCc1ccc(Br)cc1)Nc1cccnc1. The highest BCUT2D eigenvalue weighted by atomic mass is 79.9. The van der Waals surface area contributed by atoms with Gasteiger partial charge in [-0.25, -0.2) is 4.79 Å². The van der Waals surface area contributed by atoms with Gasteiger partial charge in [-0.1, -0.05) is 28.1 Å². The van der Waals surface area contributed by atoms with Gasteiger partial charge in [0.15, 0.2) is 0 Å². The van der Waals surface area contributed by atoms with Crippen LogP contribution in [0.1, 0.15) is 5.56 Å². The van der Waals surface area contributed by atoms with Crippen molar-refractivity contribution in [1.29, 1.82) is 0 Å². The predicted octanol–water partition coefficient (Wildman–Crippen LogP) is 3.21. The first-order valence-corrected chi connectivity index (χ1v) is 6.72. The molecule has 4 nitrogen and oxygen atoms in total. The van der Waals surface area contributed by atoms with Crippen LogP contribution in [0.3, 0.4) is 0 Å². The molecule has 1 aromatic heterocycles. The summed E-state index contributed by atoms with van der Waals surface area (Å²) in [6, 6.07) is 11.4. The van der Waals surface area contributed by atoms with Gasteiger partial charge in [-0.15, -0.1) is 0 Å². The van der Waals surface area contributed by atoms with E-state index in [0.717, 1.165) is 10.9 Å². The van der Waals surface area contributed by atoms with E-state index in [-0.39, 0.29) is 6.03 Å². The second-order valence-corrected chi connectivity index (χ2v) is 4.91. The summed E-state index contributed by atoms with van der Waals surface area (Å²) in [5, 5.41) is 5.52. The molecule has 2 N–H and O–H groups in total. The van der Waals surface area contributed by atoms with Gasteiger partial charge in [0.05, 0.1) is 11.9 Å². The molecule has 98 valence electrons. The Labute approximate surface area is 120 Å². The van der Waals surface area contributed by atoms with Crippen molar-refractivity contribution >= 4 is 27.6 Å². The van der Waals surface area contributed by atoms with Gasteiger partial charge in [-0.2, -0.15) is 0 Å². The molecule has 0 aliphatic rings. The Balaban J connectivity index is 1.74. The largest absolute Gasteiger partial charge is 0.338 e. The molecule has 2 aromatic rings. The average Bonchev–Trinajstić information content (AvgIpc) is 2.42. The molecule has 5 heteroatoms. The summed E-state index contributed by atoms with van der Waals surface area (Å²) in [6.45, 7) is 0.591. The highest BCUT2D eigenvalue weighted by molar-refractivity contribution is 9.10. The first-order chi connectivity index (χ1) is 9.24. The van der Waals surface area contributed by atoms with Gasteiger partial charge in [-0.05, 0) is 36.2 Å². The minimum absolute atomic E-state index is 0.217. The van der Waals surface area contributed by atoms with Gasteiger partial charge in [0.25, 0.3) is 0 Å². The Bertz CT molecular complexity index is 528. The number of carbonyl (C=O) groups excluding carboxylic acids is 1. The van der Waals surface area contributed by atoms with Crippen molar-refractivity contribution in [1.82, 2.24) is 10.3 Å². The lowest BCUT2D eigenvalue weighted by atomic mass is 10.1. The molecular formula is C14H14BrN3O. The van der Waals surface area contributed by atoms with E-state index < -0.39 is 0 Å². The molecule has 0 atom stereocenters. The molecule has 0 saturated carbocycles. The van der Waals surface area contributed by atoms with Gasteiger partial charge in [0.2, 0.25) is 0 Å². The number of amides is 2. The zero-order valence-electron chi connectivity index (χ0n) is 10.3. The molecule has 1 heterocycles. The number of nitrogens with one attached hydrogen (secondary N) is 2. The Morgan fingerprint density at radius 2 is 2.00 bits per heavy atom. The Morgan fingerprint density at radius 1 is 1.21 bits per heavy atom. The number of nitrogens with zero attached hydrogens (tertiary/aromatic N) is 1. The average molecular weight is 320 g/mol. The molecule has 2 amide bonds. The maximum Gasteiger partial charge on any atom is 0.319 e. The van der Waals surface area contributed by atoms with Crippen LogP contribution in [0.4, 0.5) is 10.5 Å². The topological polar surface area (TPSA) is 54.0 Å². The number of halogens is 1. The Kier molecular flexibility index (Phi) is 4.92. The minimum Gasteiger partial charge on any atom is -0.338 e. The highest BCUT2D eigenvalue weighted by Crippen LogP contribution is 2.10. The zero-order chi connectivity index (χ0) is 13.5. The summed E-state index contributed by atoms with van der Waals surface area (Å²) >= 11 is 3.39. The van der Waals surface area contributed by atoms with Crippen LogP contribution in [-0.2, 0) is 6.42 Å². The highest BCUT2D eigenvalue weighted by Gasteiger charge is 2.00. The summed E-state index contributed by atoms with van der Waals surface area (Å²) < 4.78 is 1.05. The number of hydrogen-bond donors (Lipinski definition) is 2. The summed E-state index contributed by atoms with van der Waals surface area (Å²) in [4.78, 5) is 15.5. The number of rotatable bonds is 4. The standard InChI is InChI=1S/C14H14BrN3O/c15-12-5-3-11(4-6-12)7-9-17-14(19)18-13-2-1-8-16-10-13/h1-6,8,10H,7,9H2,(H2,17,18,19). The lowest BCUT2D eigenvalue weighted by molar-refractivity contribution is 0.252. The van der Waals surface area contributed by atoms with Gasteiger partial charge >= 0.3 is 6.03 Å². The normalized spacial score (nSPS) is 9.95. The van der Waals surface area contributed by atoms with E-state index in [1.807, 2.05) is 24.3 Å².